The molecule has 0 fully saturated rings. The average molecular weight is 420 g/mol. The number of aliphatic hydroxyl groups excluding tert-OH is 2. The van der Waals surface area contributed by atoms with Crippen LogP contribution in [0.5, 0.6) is 0 Å². The monoisotopic (exact) mass is 420 g/mol. The van der Waals surface area contributed by atoms with Crippen molar-refractivity contribution in [1.29, 1.82) is 0 Å². The molecule has 4 N–H and O–H groups in total. The van der Waals surface area contributed by atoms with Gasteiger partial charge in [0.2, 0.25) is 5.91 Å². The minimum absolute atomic E-state index is 0.0410. The number of aliphatic hydroxyl groups is 2. The normalized spacial score (nSPS) is 11.6. The number of nitrogens with two attached hydrogens (primary N) is 1. The molecular weight excluding hydrogens is 396 g/mol. The van der Waals surface area contributed by atoms with Crippen molar-refractivity contribution in [3.63, 3.8) is 0 Å². The number of carbonyl (C=O) groups excluding carboxylic acids is 2. The van der Waals surface area contributed by atoms with Gasteiger partial charge >= 0.3 is 0 Å². The molecule has 0 aliphatic heterocycles. The number of hydrogen-bond acceptors (Lipinski definition) is 5. The van der Waals surface area contributed by atoms with Crippen molar-refractivity contribution in [3.05, 3.63) is 59.3 Å². The molecule has 0 saturated carbocycles. The molecule has 2 amide bonds. The lowest BCUT2D eigenvalue weighted by Crippen LogP contribution is -2.28. The van der Waals surface area contributed by atoms with Gasteiger partial charge in [0.25, 0.3) is 5.91 Å². The molecule has 0 aliphatic rings. The molecule has 160 valence electrons. The number of benzene rings is 2. The zero-order valence-electron chi connectivity index (χ0n) is 17.4. The lowest BCUT2D eigenvalue weighted by Gasteiger charge is -2.13. The Morgan fingerprint density at radius 1 is 1.26 bits per heavy atom. The zero-order valence-corrected chi connectivity index (χ0v) is 17.4. The minimum atomic E-state index is -0.689. The van der Waals surface area contributed by atoms with E-state index >= 15 is 0 Å². The van der Waals surface area contributed by atoms with Gasteiger partial charge in [-0.1, -0.05) is 24.0 Å². The summed E-state index contributed by atoms with van der Waals surface area (Å²) in [6, 6.07) is 12.5. The van der Waals surface area contributed by atoms with Gasteiger partial charge < -0.3 is 20.8 Å². The molecule has 2 aromatic carbocycles. The first-order chi connectivity index (χ1) is 14.8. The molecule has 3 rings (SSSR count). The van der Waals surface area contributed by atoms with Gasteiger partial charge in [-0.2, -0.15) is 5.10 Å². The first kappa shape index (κ1) is 22.0. The molecule has 1 atom stereocenters. The van der Waals surface area contributed by atoms with Gasteiger partial charge in [-0.15, -0.1) is 0 Å². The van der Waals surface area contributed by atoms with Crippen LogP contribution in [-0.2, 0) is 4.79 Å². The minimum Gasteiger partial charge on any atom is -0.395 e. The summed E-state index contributed by atoms with van der Waals surface area (Å²) in [7, 11) is 1.61. The van der Waals surface area contributed by atoms with Crippen molar-refractivity contribution in [2.45, 2.75) is 19.4 Å². The summed E-state index contributed by atoms with van der Waals surface area (Å²) < 4.78 is 1.60. The Morgan fingerprint density at radius 3 is 2.71 bits per heavy atom. The Kier molecular flexibility index (Phi) is 6.70. The molecule has 0 aliphatic carbocycles. The Morgan fingerprint density at radius 2 is 2.03 bits per heavy atom. The van der Waals surface area contributed by atoms with Crippen LogP contribution in [0.2, 0.25) is 0 Å². The quantitative estimate of drug-likeness (QED) is 0.520. The van der Waals surface area contributed by atoms with Gasteiger partial charge in [0.05, 0.1) is 30.3 Å². The summed E-state index contributed by atoms with van der Waals surface area (Å²) in [5.41, 5.74) is 8.32. The summed E-state index contributed by atoms with van der Waals surface area (Å²) in [5, 5.41) is 23.7. The van der Waals surface area contributed by atoms with Crippen LogP contribution in [0.3, 0.4) is 0 Å². The fourth-order valence-electron chi connectivity index (χ4n) is 3.12. The largest absolute Gasteiger partial charge is 0.395 e. The predicted molar refractivity (Wildman–Crippen MR) is 116 cm³/mol. The highest BCUT2D eigenvalue weighted by Crippen LogP contribution is 2.26. The molecule has 0 unspecified atom stereocenters. The first-order valence-electron chi connectivity index (χ1n) is 9.76. The SMILES string of the molecule is C[C@@H](O)c1ccc2c(c1)c(C(N)=O)nn2-c1cccc(C#CCC(=O)N(C)CCO)c1. The first-order valence-corrected chi connectivity index (χ1v) is 9.76. The second kappa shape index (κ2) is 9.43. The highest BCUT2D eigenvalue weighted by molar-refractivity contribution is 6.04. The van der Waals surface area contributed by atoms with Gasteiger partial charge in [0, 0.05) is 24.5 Å². The number of amides is 2. The van der Waals surface area contributed by atoms with E-state index in [1.807, 2.05) is 12.1 Å². The summed E-state index contributed by atoms with van der Waals surface area (Å²) >= 11 is 0. The third-order valence-electron chi connectivity index (χ3n) is 4.84. The van der Waals surface area contributed by atoms with Crippen molar-refractivity contribution in [3.8, 4) is 17.5 Å². The fourth-order valence-corrected chi connectivity index (χ4v) is 3.12. The lowest BCUT2D eigenvalue weighted by molar-refractivity contribution is -0.129. The lowest BCUT2D eigenvalue weighted by atomic mass is 10.1. The van der Waals surface area contributed by atoms with Gasteiger partial charge in [0.1, 0.15) is 0 Å². The molecule has 0 spiro atoms. The van der Waals surface area contributed by atoms with E-state index in [1.54, 1.807) is 49.0 Å². The van der Waals surface area contributed by atoms with Gasteiger partial charge in [-0.3, -0.25) is 9.59 Å². The topological polar surface area (TPSA) is 122 Å². The molecule has 8 nitrogen and oxygen atoms in total. The third-order valence-corrected chi connectivity index (χ3v) is 4.84. The van der Waals surface area contributed by atoms with Crippen molar-refractivity contribution in [2.24, 2.45) is 5.73 Å². The Balaban J connectivity index is 1.95. The van der Waals surface area contributed by atoms with Crippen LogP contribution in [0.4, 0.5) is 0 Å². The van der Waals surface area contributed by atoms with Crippen molar-refractivity contribution in [2.75, 3.05) is 20.2 Å². The number of carbonyl (C=O) groups is 2. The van der Waals surface area contributed by atoms with Crippen LogP contribution in [0.15, 0.2) is 42.5 Å². The molecule has 0 saturated heterocycles. The zero-order chi connectivity index (χ0) is 22.5. The van der Waals surface area contributed by atoms with E-state index in [4.69, 9.17) is 10.8 Å². The van der Waals surface area contributed by atoms with Gasteiger partial charge in [-0.05, 0) is 42.8 Å². The van der Waals surface area contributed by atoms with Crippen LogP contribution < -0.4 is 5.73 Å². The van der Waals surface area contributed by atoms with Crippen molar-refractivity contribution in [1.82, 2.24) is 14.7 Å². The maximum absolute atomic E-state index is 11.9. The van der Waals surface area contributed by atoms with Gasteiger partial charge in [-0.25, -0.2) is 4.68 Å². The smallest absolute Gasteiger partial charge is 0.269 e. The maximum atomic E-state index is 11.9. The van der Waals surface area contributed by atoms with E-state index in [-0.39, 0.29) is 31.2 Å². The summed E-state index contributed by atoms with van der Waals surface area (Å²) in [5.74, 6) is 4.97. The van der Waals surface area contributed by atoms with Gasteiger partial charge in [0.15, 0.2) is 5.69 Å². The third kappa shape index (κ3) is 4.91. The van der Waals surface area contributed by atoms with E-state index in [1.165, 1.54) is 4.90 Å². The Hall–Kier alpha value is -3.67. The van der Waals surface area contributed by atoms with Crippen molar-refractivity contribution >= 4 is 22.7 Å². The summed E-state index contributed by atoms with van der Waals surface area (Å²) in [6.45, 7) is 1.81. The number of likely N-dealkylation sites (N-methyl/N-ethyl adjacent to an activating group) is 1. The van der Waals surface area contributed by atoms with Crippen LogP contribution in [0, 0.1) is 11.8 Å². The van der Waals surface area contributed by atoms with Crippen LogP contribution in [0.25, 0.3) is 16.6 Å². The number of fused-ring (bicyclic) bond motifs is 1. The summed E-state index contributed by atoms with van der Waals surface area (Å²) in [4.78, 5) is 25.3. The number of hydrogen-bond donors (Lipinski definition) is 3. The van der Waals surface area contributed by atoms with Crippen LogP contribution in [0.1, 0.15) is 41.1 Å². The number of nitrogens with zero attached hydrogens (tertiary/aromatic N) is 3. The second-order valence-electron chi connectivity index (χ2n) is 7.15. The molecule has 3 aromatic rings. The molecule has 1 aromatic heterocycles. The second-order valence-corrected chi connectivity index (χ2v) is 7.15. The van der Waals surface area contributed by atoms with E-state index in [2.05, 4.69) is 16.9 Å². The Bertz CT molecular complexity index is 1190. The highest BCUT2D eigenvalue weighted by Gasteiger charge is 2.17. The molecule has 0 radical (unpaired) electrons. The van der Waals surface area contributed by atoms with E-state index < -0.39 is 12.0 Å². The van der Waals surface area contributed by atoms with E-state index in [9.17, 15) is 14.7 Å². The summed E-state index contributed by atoms with van der Waals surface area (Å²) in [6.07, 6.45) is -0.648. The number of rotatable bonds is 6. The predicted octanol–water partition coefficient (Wildman–Crippen LogP) is 1.37. The molecular formula is C23H24N4O4. The standard InChI is InChI=1S/C23H24N4O4/c1-15(29)17-9-10-20-19(14-17)22(23(24)31)25-27(20)18-7-3-5-16(13-18)6-4-8-21(30)26(2)11-12-28/h3,5,7,9-10,13-15,28-29H,8,11-12H2,1-2H3,(H2,24,31)/t15-/m1/s1. The molecule has 1 heterocycles. The van der Waals surface area contributed by atoms with Crippen molar-refractivity contribution < 1.29 is 19.8 Å². The molecule has 8 heteroatoms. The van der Waals surface area contributed by atoms with Crippen LogP contribution in [-0.4, -0.2) is 56.9 Å². The number of primary amides is 1. The van der Waals surface area contributed by atoms with E-state index in [0.29, 0.717) is 27.7 Å². The molecule has 0 bridgehead atoms. The van der Waals surface area contributed by atoms with Crippen LogP contribution >= 0.6 is 0 Å². The fraction of sp³-hybridized carbons (Fsp3) is 0.261. The highest BCUT2D eigenvalue weighted by atomic mass is 16.3. The van der Waals surface area contributed by atoms with E-state index in [0.717, 1.165) is 0 Å². The average Bonchev–Trinajstić information content (AvgIpc) is 3.13. The number of aromatic nitrogens is 2. The molecule has 31 heavy (non-hydrogen) atoms. The maximum Gasteiger partial charge on any atom is 0.269 e. The Labute approximate surface area is 179 Å².